The lowest BCUT2D eigenvalue weighted by atomic mass is 10.2. The summed E-state index contributed by atoms with van der Waals surface area (Å²) in [5.74, 6) is -1.81. The van der Waals surface area contributed by atoms with Crippen LogP contribution in [0.5, 0.6) is 0 Å². The highest BCUT2D eigenvalue weighted by Crippen LogP contribution is 2.54. The maximum atomic E-state index is 14.3. The molecule has 0 N–H and O–H groups in total. The van der Waals surface area contributed by atoms with Gasteiger partial charge in [-0.2, -0.15) is 0 Å². The lowest BCUT2D eigenvalue weighted by Crippen LogP contribution is -2.29. The van der Waals surface area contributed by atoms with Gasteiger partial charge in [0.05, 0.1) is 0 Å². The summed E-state index contributed by atoms with van der Waals surface area (Å²) in [5, 5.41) is 0. The van der Waals surface area contributed by atoms with E-state index in [-0.39, 0.29) is 36.5 Å². The minimum atomic E-state index is -4.40. The average molecular weight is 603 g/mol. The second-order valence-corrected chi connectivity index (χ2v) is 11.7. The number of unbranched alkanes of at least 4 members (excludes halogenated alkanes) is 3. The van der Waals surface area contributed by atoms with Gasteiger partial charge in [0.1, 0.15) is 38.1 Å². The van der Waals surface area contributed by atoms with Gasteiger partial charge < -0.3 is 14.2 Å². The summed E-state index contributed by atoms with van der Waals surface area (Å²) < 4.78 is 48.2. The van der Waals surface area contributed by atoms with Crippen LogP contribution in [0.1, 0.15) is 99.3 Å². The highest BCUT2D eigenvalue weighted by Gasteiger charge is 2.38. The van der Waals surface area contributed by atoms with Gasteiger partial charge in [0.25, 0.3) is 0 Å². The van der Waals surface area contributed by atoms with E-state index < -0.39 is 44.0 Å². The van der Waals surface area contributed by atoms with Gasteiger partial charge in [-0.1, -0.05) is 79.0 Å². The molecule has 0 aromatic rings. The van der Waals surface area contributed by atoms with Crippen LogP contribution >= 0.6 is 7.82 Å². The highest BCUT2D eigenvalue weighted by molar-refractivity contribution is 7.48. The molecule has 41 heavy (non-hydrogen) atoms. The molecule has 10 nitrogen and oxygen atoms in total. The number of ether oxygens (including phenoxy) is 3. The van der Waals surface area contributed by atoms with E-state index in [1.807, 2.05) is 20.8 Å². The van der Waals surface area contributed by atoms with E-state index >= 15 is 0 Å². The van der Waals surface area contributed by atoms with Gasteiger partial charge in [-0.05, 0) is 40.0 Å². The molecule has 0 aliphatic heterocycles. The second-order valence-electron chi connectivity index (χ2n) is 10.2. The van der Waals surface area contributed by atoms with Crippen LogP contribution in [0.4, 0.5) is 0 Å². The number of rotatable bonds is 24. The summed E-state index contributed by atoms with van der Waals surface area (Å²) in [6.07, 6.45) is 3.28. The zero-order valence-electron chi connectivity index (χ0n) is 25.9. The molecule has 0 aliphatic carbocycles. The normalized spacial score (nSPS) is 14.7. The van der Waals surface area contributed by atoms with Crippen molar-refractivity contribution in [3.63, 3.8) is 0 Å². The summed E-state index contributed by atoms with van der Waals surface area (Å²) in [6.45, 7) is 20.7. The molecule has 0 spiro atoms. The third kappa shape index (κ3) is 18.0. The van der Waals surface area contributed by atoms with Gasteiger partial charge in [0.15, 0.2) is 0 Å². The predicted molar refractivity (Wildman–Crippen MR) is 158 cm³/mol. The molecule has 0 saturated carbocycles. The molecule has 0 amide bonds. The van der Waals surface area contributed by atoms with E-state index in [4.69, 9.17) is 27.8 Å². The van der Waals surface area contributed by atoms with E-state index in [2.05, 4.69) is 19.7 Å². The van der Waals surface area contributed by atoms with Crippen LogP contribution in [0.2, 0.25) is 0 Å². The zero-order chi connectivity index (χ0) is 31.4. The van der Waals surface area contributed by atoms with Crippen molar-refractivity contribution in [2.24, 2.45) is 0 Å². The van der Waals surface area contributed by atoms with E-state index in [1.165, 1.54) is 20.8 Å². The van der Waals surface area contributed by atoms with Crippen molar-refractivity contribution in [2.75, 3.05) is 19.8 Å². The Kier molecular flexibility index (Phi) is 20.3. The predicted octanol–water partition coefficient (Wildman–Crippen LogP) is 7.18. The first-order valence-electron chi connectivity index (χ1n) is 14.4. The molecule has 0 bridgehead atoms. The number of hydrogen-bond acceptors (Lipinski definition) is 10. The second kappa shape index (κ2) is 21.4. The Balaban J connectivity index is 6.21. The van der Waals surface area contributed by atoms with Crippen LogP contribution in [0, 0.1) is 0 Å². The number of hydrogen-bond donors (Lipinski definition) is 0. The average Bonchev–Trinajstić information content (AvgIpc) is 2.92. The number of phosphoric ester groups is 1. The maximum Gasteiger partial charge on any atom is 0.475 e. The monoisotopic (exact) mass is 602 g/mol. The Morgan fingerprint density at radius 2 is 0.805 bits per heavy atom. The van der Waals surface area contributed by atoms with E-state index in [1.54, 1.807) is 0 Å². The lowest BCUT2D eigenvalue weighted by molar-refractivity contribution is -0.143. The first-order valence-corrected chi connectivity index (χ1v) is 15.9. The SMILES string of the molecule is C=C(C)C(=O)OCC(CCCC)OP(=O)(OC(CCCC)COC(=O)C(=C)C)OC(CCCC)COC(=O)C(=C)C. The van der Waals surface area contributed by atoms with Gasteiger partial charge in [-0.3, -0.25) is 13.6 Å². The van der Waals surface area contributed by atoms with Crippen molar-refractivity contribution >= 4 is 25.7 Å². The first kappa shape index (κ1) is 38.7. The Hall–Kier alpha value is -2.26. The van der Waals surface area contributed by atoms with Crippen molar-refractivity contribution in [1.82, 2.24) is 0 Å². The summed E-state index contributed by atoms with van der Waals surface area (Å²) in [7, 11) is -4.40. The summed E-state index contributed by atoms with van der Waals surface area (Å²) >= 11 is 0. The minimum Gasteiger partial charge on any atom is -0.460 e. The third-order valence-electron chi connectivity index (χ3n) is 5.72. The largest absolute Gasteiger partial charge is 0.475 e. The van der Waals surface area contributed by atoms with Gasteiger partial charge in [0.2, 0.25) is 0 Å². The van der Waals surface area contributed by atoms with E-state index in [0.29, 0.717) is 38.5 Å². The molecule has 11 heteroatoms. The van der Waals surface area contributed by atoms with E-state index in [9.17, 15) is 18.9 Å². The Labute approximate surface area is 246 Å². The zero-order valence-corrected chi connectivity index (χ0v) is 26.8. The fourth-order valence-corrected chi connectivity index (χ4v) is 5.04. The molecule has 0 aromatic heterocycles. The number of phosphoric acid groups is 1. The number of esters is 3. The Bertz CT molecular complexity index is 799. The van der Waals surface area contributed by atoms with Crippen LogP contribution < -0.4 is 0 Å². The molecule has 0 aromatic carbocycles. The van der Waals surface area contributed by atoms with Crippen LogP contribution in [-0.2, 0) is 46.7 Å². The Morgan fingerprint density at radius 3 is 1.00 bits per heavy atom. The molecule has 0 heterocycles. The maximum absolute atomic E-state index is 14.3. The van der Waals surface area contributed by atoms with Crippen LogP contribution in [0.15, 0.2) is 36.5 Å². The Morgan fingerprint density at radius 1 is 0.561 bits per heavy atom. The summed E-state index contributed by atoms with van der Waals surface area (Å²) in [4.78, 5) is 36.2. The minimum absolute atomic E-state index is 0.197. The van der Waals surface area contributed by atoms with Crippen molar-refractivity contribution in [3.05, 3.63) is 36.5 Å². The number of carbonyl (C=O) groups is 3. The van der Waals surface area contributed by atoms with Gasteiger partial charge >= 0.3 is 25.7 Å². The smallest absolute Gasteiger partial charge is 0.460 e. The fraction of sp³-hybridized carbons (Fsp3) is 0.700. The van der Waals surface area contributed by atoms with Gasteiger partial charge in [0, 0.05) is 16.7 Å². The lowest BCUT2D eigenvalue weighted by Gasteiger charge is -2.30. The molecule has 0 saturated heterocycles. The molecular formula is C30H51O10P. The molecule has 236 valence electrons. The van der Waals surface area contributed by atoms with Crippen molar-refractivity contribution < 1.29 is 46.7 Å². The third-order valence-corrected chi connectivity index (χ3v) is 7.39. The topological polar surface area (TPSA) is 124 Å². The molecule has 3 unspecified atom stereocenters. The van der Waals surface area contributed by atoms with Crippen LogP contribution in [0.3, 0.4) is 0 Å². The van der Waals surface area contributed by atoms with Crippen molar-refractivity contribution in [3.8, 4) is 0 Å². The summed E-state index contributed by atoms with van der Waals surface area (Å²) in [5.41, 5.74) is 0.647. The standard InChI is InChI=1S/C30H51O10P/c1-10-13-16-25(19-35-28(31)22(4)5)38-41(34,39-26(17-14-11-2)20-36-29(32)23(6)7)40-27(18-15-12-3)21-37-30(33)24(8)9/h25-27H,4,6,8,10-21H2,1-3,5,7,9H3. The molecule has 0 rings (SSSR count). The quantitative estimate of drug-likeness (QED) is 0.0486. The van der Waals surface area contributed by atoms with Crippen molar-refractivity contribution in [2.45, 2.75) is 118 Å². The van der Waals surface area contributed by atoms with Crippen LogP contribution in [-0.4, -0.2) is 56.0 Å². The molecule has 0 radical (unpaired) electrons. The summed E-state index contributed by atoms with van der Waals surface area (Å²) in [6, 6.07) is 0. The highest BCUT2D eigenvalue weighted by atomic mass is 31.2. The first-order chi connectivity index (χ1) is 19.3. The molecular weight excluding hydrogens is 551 g/mol. The van der Waals surface area contributed by atoms with E-state index in [0.717, 1.165) is 19.3 Å². The number of carbonyl (C=O) groups excluding carboxylic acids is 3. The van der Waals surface area contributed by atoms with Gasteiger partial charge in [-0.25, -0.2) is 18.9 Å². The van der Waals surface area contributed by atoms with Gasteiger partial charge in [-0.15, -0.1) is 0 Å². The van der Waals surface area contributed by atoms with Crippen LogP contribution in [0.25, 0.3) is 0 Å². The molecule has 3 atom stereocenters. The molecule has 0 aliphatic rings. The molecule has 0 fully saturated rings. The van der Waals surface area contributed by atoms with Crippen molar-refractivity contribution in [1.29, 1.82) is 0 Å². The fourth-order valence-electron chi connectivity index (χ4n) is 3.29.